The van der Waals surface area contributed by atoms with Crippen LogP contribution in [0.5, 0.6) is 0 Å². The van der Waals surface area contributed by atoms with Crippen molar-refractivity contribution in [3.05, 3.63) is 23.8 Å². The summed E-state index contributed by atoms with van der Waals surface area (Å²) < 4.78 is 0.719. The van der Waals surface area contributed by atoms with Gasteiger partial charge in [0.25, 0.3) is 0 Å². The van der Waals surface area contributed by atoms with Gasteiger partial charge in [0.2, 0.25) is 11.6 Å². The van der Waals surface area contributed by atoms with Gasteiger partial charge in [0, 0.05) is 40.9 Å². The van der Waals surface area contributed by atoms with E-state index >= 15 is 0 Å². The number of nitrogens with zero attached hydrogens (tertiary/aromatic N) is 4. The second-order valence-electron chi connectivity index (χ2n) is 6.02. The first-order valence-corrected chi connectivity index (χ1v) is 8.06. The van der Waals surface area contributed by atoms with Crippen molar-refractivity contribution < 1.29 is 9.39 Å². The molecule has 0 radical (unpaired) electrons. The summed E-state index contributed by atoms with van der Waals surface area (Å²) in [5.74, 6) is 6.91. The van der Waals surface area contributed by atoms with Crippen LogP contribution in [0.3, 0.4) is 0 Å². The number of hydrogen-bond acceptors (Lipinski definition) is 4. The summed E-state index contributed by atoms with van der Waals surface area (Å²) in [7, 11) is 0. The number of amidine groups is 1. The Hall–Kier alpha value is -1.31. The smallest absolute Gasteiger partial charge is 0.301 e. The summed E-state index contributed by atoms with van der Waals surface area (Å²) in [6.45, 7) is 0.754. The first-order chi connectivity index (χ1) is 10.1. The van der Waals surface area contributed by atoms with Crippen LogP contribution in [0.4, 0.5) is 0 Å². The third-order valence-electron chi connectivity index (χ3n) is 4.87. The van der Waals surface area contributed by atoms with Gasteiger partial charge in [-0.15, -0.1) is 4.59 Å². The number of piperidine rings is 1. The van der Waals surface area contributed by atoms with E-state index in [1.807, 2.05) is 11.1 Å². The molecule has 3 atom stereocenters. The van der Waals surface area contributed by atoms with E-state index in [0.29, 0.717) is 17.2 Å². The zero-order valence-corrected chi connectivity index (χ0v) is 13.2. The second kappa shape index (κ2) is 4.59. The van der Waals surface area contributed by atoms with Crippen LogP contribution in [-0.2, 0) is 4.79 Å². The number of hydrogen-bond donors (Lipinski definition) is 1. The molecule has 2 saturated heterocycles. The van der Waals surface area contributed by atoms with Gasteiger partial charge in [-0.1, -0.05) is 0 Å². The molecule has 0 aliphatic carbocycles. The Bertz CT molecular complexity index is 637. The molecule has 4 aliphatic rings. The van der Waals surface area contributed by atoms with E-state index in [2.05, 4.69) is 25.9 Å². The Balaban J connectivity index is 1.68. The summed E-state index contributed by atoms with van der Waals surface area (Å²) in [6, 6.07) is 0.435. The van der Waals surface area contributed by atoms with Gasteiger partial charge in [-0.2, -0.15) is 10.8 Å². The fraction of sp³-hybridized carbons (Fsp3) is 0.500. The maximum Gasteiger partial charge on any atom is 0.301 e. The topological polar surface area (TPSA) is 71.0 Å². The lowest BCUT2D eigenvalue weighted by Crippen LogP contribution is -2.50. The maximum absolute atomic E-state index is 12.0. The van der Waals surface area contributed by atoms with Gasteiger partial charge in [0.15, 0.2) is 0 Å². The average molecular weight is 351 g/mol. The van der Waals surface area contributed by atoms with E-state index in [9.17, 15) is 4.79 Å². The number of allylic oxidation sites excluding steroid dienone is 1. The van der Waals surface area contributed by atoms with Crippen LogP contribution < -0.4 is 5.84 Å². The van der Waals surface area contributed by atoms with E-state index in [4.69, 9.17) is 5.84 Å². The zero-order chi connectivity index (χ0) is 14.6. The SMILES string of the molecule is N[N+]12C=CN=CC1=C([C@@H]1CC[C@H]3CCC(=O)N3C1)N=C2Br. The molecular formula is C14H17BrN5O+. The minimum Gasteiger partial charge on any atom is -0.339 e. The van der Waals surface area contributed by atoms with Crippen LogP contribution >= 0.6 is 15.9 Å². The van der Waals surface area contributed by atoms with Crippen molar-refractivity contribution in [2.45, 2.75) is 31.7 Å². The molecule has 0 bridgehead atoms. The molecule has 0 aromatic carbocycles. The number of nitrogens with two attached hydrogens (primary N) is 1. The summed E-state index contributed by atoms with van der Waals surface area (Å²) in [5, 5.41) is 0. The van der Waals surface area contributed by atoms with Crippen molar-refractivity contribution in [1.29, 1.82) is 0 Å². The molecule has 0 saturated carbocycles. The molecule has 4 heterocycles. The molecule has 21 heavy (non-hydrogen) atoms. The van der Waals surface area contributed by atoms with Crippen molar-refractivity contribution in [2.24, 2.45) is 21.7 Å². The first-order valence-electron chi connectivity index (χ1n) is 7.27. The normalized spacial score (nSPS) is 37.9. The molecule has 1 unspecified atom stereocenters. The van der Waals surface area contributed by atoms with Crippen molar-refractivity contribution >= 4 is 32.8 Å². The predicted octanol–water partition coefficient (Wildman–Crippen LogP) is 1.61. The van der Waals surface area contributed by atoms with E-state index in [1.165, 1.54) is 0 Å². The highest BCUT2D eigenvalue weighted by Gasteiger charge is 2.46. The third kappa shape index (κ3) is 1.88. The average Bonchev–Trinajstić information content (AvgIpc) is 2.98. The number of carbonyl (C=O) groups excluding carboxylic acids is 1. The largest absolute Gasteiger partial charge is 0.339 e. The van der Waals surface area contributed by atoms with Crippen LogP contribution in [0.15, 0.2) is 33.8 Å². The lowest BCUT2D eigenvalue weighted by molar-refractivity contribution is -0.746. The fourth-order valence-electron chi connectivity index (χ4n) is 3.68. The Morgan fingerprint density at radius 2 is 2.24 bits per heavy atom. The molecule has 0 aromatic rings. The summed E-state index contributed by atoms with van der Waals surface area (Å²) >= 11 is 3.47. The lowest BCUT2D eigenvalue weighted by Gasteiger charge is -2.35. The van der Waals surface area contributed by atoms with Gasteiger partial charge in [0.1, 0.15) is 11.9 Å². The number of fused-ring (bicyclic) bond motifs is 2. The standard InChI is InChI=1S/C14H17BrN5O/c15-14-18-13(11-7-17-5-6-20(11,14)16)9-1-2-10-3-4-12(21)19(10)8-9/h5-7,9-10H,1-4,8,16H2/q+1/t9-,10+,20?/m1/s1. The van der Waals surface area contributed by atoms with Gasteiger partial charge >= 0.3 is 4.74 Å². The molecule has 2 N–H and O–H groups in total. The number of amides is 1. The molecule has 1 amide bonds. The van der Waals surface area contributed by atoms with Gasteiger partial charge in [0.05, 0.1) is 12.4 Å². The van der Waals surface area contributed by atoms with Gasteiger partial charge < -0.3 is 4.90 Å². The van der Waals surface area contributed by atoms with E-state index < -0.39 is 0 Å². The quantitative estimate of drug-likeness (QED) is 0.443. The van der Waals surface area contributed by atoms with Crippen molar-refractivity contribution in [3.8, 4) is 0 Å². The zero-order valence-electron chi connectivity index (χ0n) is 11.6. The Morgan fingerprint density at radius 3 is 3.10 bits per heavy atom. The molecule has 7 heteroatoms. The molecule has 4 aliphatic heterocycles. The minimum atomic E-state index is 0.0483. The summed E-state index contributed by atoms with van der Waals surface area (Å²) in [4.78, 5) is 22.8. The molecule has 6 nitrogen and oxygen atoms in total. The molecule has 2 fully saturated rings. The van der Waals surface area contributed by atoms with E-state index in [1.54, 1.807) is 12.4 Å². The molecule has 4 rings (SSSR count). The lowest BCUT2D eigenvalue weighted by atomic mass is 9.90. The maximum atomic E-state index is 12.0. The number of rotatable bonds is 1. The fourth-order valence-corrected chi connectivity index (χ4v) is 4.18. The van der Waals surface area contributed by atoms with Crippen LogP contribution in [0.1, 0.15) is 25.7 Å². The minimum absolute atomic E-state index is 0.0483. The number of halogens is 1. The number of carbonyl (C=O) groups is 1. The van der Waals surface area contributed by atoms with Crippen molar-refractivity contribution in [3.63, 3.8) is 0 Å². The summed E-state index contributed by atoms with van der Waals surface area (Å²) in [6.07, 6.45) is 9.08. The molecule has 0 spiro atoms. The number of quaternary nitrogens is 1. The highest BCUT2D eigenvalue weighted by Crippen LogP contribution is 2.40. The Kier molecular flexibility index (Phi) is 2.92. The highest BCUT2D eigenvalue weighted by molar-refractivity contribution is 9.18. The third-order valence-corrected chi connectivity index (χ3v) is 5.63. The van der Waals surface area contributed by atoms with Crippen LogP contribution in [-0.4, -0.2) is 38.9 Å². The molecular weight excluding hydrogens is 334 g/mol. The van der Waals surface area contributed by atoms with Crippen LogP contribution in [0, 0.1) is 5.92 Å². The van der Waals surface area contributed by atoms with Gasteiger partial charge in [-0.25, -0.2) is 0 Å². The van der Waals surface area contributed by atoms with Crippen LogP contribution in [0.2, 0.25) is 0 Å². The van der Waals surface area contributed by atoms with Crippen molar-refractivity contribution in [1.82, 2.24) is 4.90 Å². The Morgan fingerprint density at radius 1 is 1.38 bits per heavy atom. The highest BCUT2D eigenvalue weighted by atomic mass is 79.9. The monoisotopic (exact) mass is 350 g/mol. The Labute approximate surface area is 131 Å². The van der Waals surface area contributed by atoms with E-state index in [-0.39, 0.29) is 16.4 Å². The van der Waals surface area contributed by atoms with Crippen molar-refractivity contribution in [2.75, 3.05) is 6.54 Å². The molecule has 110 valence electrons. The van der Waals surface area contributed by atoms with E-state index in [0.717, 1.165) is 37.2 Å². The summed E-state index contributed by atoms with van der Waals surface area (Å²) in [5.41, 5.74) is 1.87. The number of aliphatic imine (C=N–C) groups is 2. The van der Waals surface area contributed by atoms with Gasteiger partial charge in [-0.05, 0) is 19.3 Å². The second-order valence-corrected chi connectivity index (χ2v) is 6.73. The van der Waals surface area contributed by atoms with Gasteiger partial charge in [-0.3, -0.25) is 9.79 Å². The first kappa shape index (κ1) is 13.4. The molecule has 0 aromatic heterocycles. The predicted molar refractivity (Wildman–Crippen MR) is 82.9 cm³/mol. The van der Waals surface area contributed by atoms with Crippen LogP contribution in [0.25, 0.3) is 0 Å².